The number of halogens is 1. The van der Waals surface area contributed by atoms with Crippen LogP contribution in [0.4, 0.5) is 0 Å². The highest BCUT2D eigenvalue weighted by Gasteiger charge is 2.14. The number of nitrogens with one attached hydrogen (secondary N) is 2. The zero-order valence-electron chi connectivity index (χ0n) is 11.4. The van der Waals surface area contributed by atoms with Gasteiger partial charge < -0.3 is 10.3 Å². The number of H-pyrrole nitrogens is 1. The van der Waals surface area contributed by atoms with Crippen LogP contribution in [-0.2, 0) is 0 Å². The normalized spacial score (nSPS) is 12.3. The Morgan fingerprint density at radius 3 is 2.81 bits per heavy atom. The van der Waals surface area contributed by atoms with E-state index in [2.05, 4.69) is 15.3 Å². The Morgan fingerprint density at radius 1 is 1.24 bits per heavy atom. The van der Waals surface area contributed by atoms with Gasteiger partial charge in [-0.15, -0.1) is 0 Å². The van der Waals surface area contributed by atoms with Crippen molar-refractivity contribution in [1.82, 2.24) is 15.3 Å². The van der Waals surface area contributed by atoms with E-state index in [0.717, 1.165) is 16.9 Å². The van der Waals surface area contributed by atoms with Crippen LogP contribution in [0.25, 0.3) is 11.0 Å². The first-order valence-corrected chi connectivity index (χ1v) is 7.02. The fourth-order valence-electron chi connectivity index (χ4n) is 2.16. The molecule has 0 bridgehead atoms. The summed E-state index contributed by atoms with van der Waals surface area (Å²) >= 11 is 5.90. The van der Waals surface area contributed by atoms with E-state index in [1.165, 1.54) is 0 Å². The number of aromatic amines is 1. The van der Waals surface area contributed by atoms with E-state index < -0.39 is 0 Å². The minimum absolute atomic E-state index is 0.176. The third-order valence-corrected chi connectivity index (χ3v) is 3.49. The van der Waals surface area contributed by atoms with Gasteiger partial charge in [-0.1, -0.05) is 29.8 Å². The molecule has 5 heteroatoms. The summed E-state index contributed by atoms with van der Waals surface area (Å²) in [7, 11) is 0. The van der Waals surface area contributed by atoms with E-state index >= 15 is 0 Å². The van der Waals surface area contributed by atoms with Crippen LogP contribution in [0, 0.1) is 0 Å². The molecule has 0 saturated heterocycles. The summed E-state index contributed by atoms with van der Waals surface area (Å²) in [4.78, 5) is 19.9. The van der Waals surface area contributed by atoms with Crippen molar-refractivity contribution in [1.29, 1.82) is 0 Å². The Bertz CT molecular complexity index is 764. The molecule has 3 rings (SSSR count). The van der Waals surface area contributed by atoms with E-state index in [1.54, 1.807) is 24.3 Å². The number of carbonyl (C=O) groups is 1. The smallest absolute Gasteiger partial charge is 0.251 e. The number of fused-ring (bicyclic) bond motifs is 1. The van der Waals surface area contributed by atoms with Gasteiger partial charge >= 0.3 is 0 Å². The Morgan fingerprint density at radius 2 is 2.05 bits per heavy atom. The largest absolute Gasteiger partial charge is 0.342 e. The van der Waals surface area contributed by atoms with Gasteiger partial charge in [-0.2, -0.15) is 0 Å². The molecule has 1 heterocycles. The number of benzene rings is 2. The molecule has 4 nitrogen and oxygen atoms in total. The SMILES string of the molecule is C[C@H](NC(=O)c1cccc(Cl)c1)c1nc2ccccc2[nH]1. The summed E-state index contributed by atoms with van der Waals surface area (Å²) in [6, 6.07) is 14.4. The highest BCUT2D eigenvalue weighted by molar-refractivity contribution is 6.30. The second kappa shape index (κ2) is 5.58. The molecular formula is C16H14ClN3O. The maximum absolute atomic E-state index is 12.2. The molecule has 0 aliphatic rings. The van der Waals surface area contributed by atoms with Gasteiger partial charge in [-0.25, -0.2) is 4.98 Å². The molecule has 1 aromatic heterocycles. The molecule has 2 N–H and O–H groups in total. The summed E-state index contributed by atoms with van der Waals surface area (Å²) in [6.07, 6.45) is 0. The van der Waals surface area contributed by atoms with Crippen LogP contribution in [0.1, 0.15) is 29.1 Å². The number of amides is 1. The Kier molecular flexibility index (Phi) is 3.62. The van der Waals surface area contributed by atoms with Crippen LogP contribution in [0.3, 0.4) is 0 Å². The fourth-order valence-corrected chi connectivity index (χ4v) is 2.35. The Labute approximate surface area is 127 Å². The second-order valence-corrected chi connectivity index (χ2v) is 5.28. The average Bonchev–Trinajstić information content (AvgIpc) is 2.91. The van der Waals surface area contributed by atoms with Crippen molar-refractivity contribution in [3.63, 3.8) is 0 Å². The number of aromatic nitrogens is 2. The molecule has 106 valence electrons. The second-order valence-electron chi connectivity index (χ2n) is 4.84. The van der Waals surface area contributed by atoms with Gasteiger partial charge in [0.25, 0.3) is 5.91 Å². The van der Waals surface area contributed by atoms with E-state index in [1.807, 2.05) is 31.2 Å². The van der Waals surface area contributed by atoms with Crippen LogP contribution in [-0.4, -0.2) is 15.9 Å². The van der Waals surface area contributed by atoms with Gasteiger partial charge in [-0.05, 0) is 37.3 Å². The Balaban J connectivity index is 1.79. The first-order valence-electron chi connectivity index (χ1n) is 6.64. The highest BCUT2D eigenvalue weighted by atomic mass is 35.5. The van der Waals surface area contributed by atoms with Crippen molar-refractivity contribution < 1.29 is 4.79 Å². The predicted molar refractivity (Wildman–Crippen MR) is 83.4 cm³/mol. The number of para-hydroxylation sites is 2. The molecule has 21 heavy (non-hydrogen) atoms. The van der Waals surface area contributed by atoms with E-state index in [9.17, 15) is 4.79 Å². The molecule has 0 spiro atoms. The lowest BCUT2D eigenvalue weighted by Gasteiger charge is -2.11. The number of nitrogens with zero attached hydrogens (tertiary/aromatic N) is 1. The molecule has 2 aromatic carbocycles. The van der Waals surface area contributed by atoms with Crippen LogP contribution >= 0.6 is 11.6 Å². The molecule has 0 radical (unpaired) electrons. The van der Waals surface area contributed by atoms with Gasteiger partial charge in [0.2, 0.25) is 0 Å². The molecule has 1 amide bonds. The van der Waals surface area contributed by atoms with Crippen molar-refractivity contribution in [2.24, 2.45) is 0 Å². The lowest BCUT2D eigenvalue weighted by molar-refractivity contribution is 0.0938. The number of rotatable bonds is 3. The van der Waals surface area contributed by atoms with Crippen molar-refractivity contribution in [3.8, 4) is 0 Å². The fraction of sp³-hybridized carbons (Fsp3) is 0.125. The average molecular weight is 300 g/mol. The molecule has 1 atom stereocenters. The molecule has 3 aromatic rings. The van der Waals surface area contributed by atoms with Gasteiger partial charge in [0.05, 0.1) is 17.1 Å². The van der Waals surface area contributed by atoms with Crippen LogP contribution in [0.2, 0.25) is 5.02 Å². The molecule has 0 aliphatic carbocycles. The lowest BCUT2D eigenvalue weighted by atomic mass is 10.2. The highest BCUT2D eigenvalue weighted by Crippen LogP contribution is 2.16. The lowest BCUT2D eigenvalue weighted by Crippen LogP contribution is -2.27. The molecule has 0 unspecified atom stereocenters. The minimum Gasteiger partial charge on any atom is -0.342 e. The minimum atomic E-state index is -0.219. The van der Waals surface area contributed by atoms with Gasteiger partial charge in [0.15, 0.2) is 0 Å². The predicted octanol–water partition coefficient (Wildman–Crippen LogP) is 3.71. The maximum atomic E-state index is 12.2. The molecule has 0 saturated carbocycles. The maximum Gasteiger partial charge on any atom is 0.251 e. The Hall–Kier alpha value is -2.33. The first kappa shape index (κ1) is 13.6. The van der Waals surface area contributed by atoms with Gasteiger partial charge in [0, 0.05) is 10.6 Å². The van der Waals surface area contributed by atoms with Crippen molar-refractivity contribution in [2.75, 3.05) is 0 Å². The third kappa shape index (κ3) is 2.90. The van der Waals surface area contributed by atoms with Gasteiger partial charge in [-0.3, -0.25) is 4.79 Å². The number of hydrogen-bond acceptors (Lipinski definition) is 2. The monoisotopic (exact) mass is 299 g/mol. The van der Waals surface area contributed by atoms with Crippen LogP contribution in [0.15, 0.2) is 48.5 Å². The number of carbonyl (C=O) groups excluding carboxylic acids is 1. The topological polar surface area (TPSA) is 57.8 Å². The van der Waals surface area contributed by atoms with E-state index in [4.69, 9.17) is 11.6 Å². The summed E-state index contributed by atoms with van der Waals surface area (Å²) < 4.78 is 0. The van der Waals surface area contributed by atoms with E-state index in [-0.39, 0.29) is 11.9 Å². The molecule has 0 fully saturated rings. The summed E-state index contributed by atoms with van der Waals surface area (Å²) in [6.45, 7) is 1.89. The van der Waals surface area contributed by atoms with Crippen LogP contribution in [0.5, 0.6) is 0 Å². The third-order valence-electron chi connectivity index (χ3n) is 3.25. The molecular weight excluding hydrogens is 286 g/mol. The van der Waals surface area contributed by atoms with Crippen molar-refractivity contribution >= 4 is 28.5 Å². The first-order chi connectivity index (χ1) is 10.1. The zero-order chi connectivity index (χ0) is 14.8. The standard InChI is InChI=1S/C16H14ClN3O/c1-10(15-19-13-7-2-3-8-14(13)20-15)18-16(21)11-5-4-6-12(17)9-11/h2-10H,1H3,(H,18,21)(H,19,20)/t10-/m0/s1. The quantitative estimate of drug-likeness (QED) is 0.774. The summed E-state index contributed by atoms with van der Waals surface area (Å²) in [5.41, 5.74) is 2.37. The van der Waals surface area contributed by atoms with Crippen LogP contribution < -0.4 is 5.32 Å². The van der Waals surface area contributed by atoms with Gasteiger partial charge in [0.1, 0.15) is 5.82 Å². The number of imidazole rings is 1. The van der Waals surface area contributed by atoms with Crippen molar-refractivity contribution in [2.45, 2.75) is 13.0 Å². The molecule has 0 aliphatic heterocycles. The van der Waals surface area contributed by atoms with Crippen molar-refractivity contribution in [3.05, 3.63) is 64.9 Å². The summed E-state index contributed by atoms with van der Waals surface area (Å²) in [5, 5.41) is 3.45. The zero-order valence-corrected chi connectivity index (χ0v) is 12.2. The summed E-state index contributed by atoms with van der Waals surface area (Å²) in [5.74, 6) is 0.553. The van der Waals surface area contributed by atoms with E-state index in [0.29, 0.717) is 10.6 Å². The number of hydrogen-bond donors (Lipinski definition) is 2.